The molecule has 21 heavy (non-hydrogen) atoms. The van der Waals surface area contributed by atoms with Crippen molar-refractivity contribution >= 4 is 11.6 Å². The third-order valence-electron chi connectivity index (χ3n) is 4.50. The van der Waals surface area contributed by atoms with Crippen molar-refractivity contribution in [2.75, 3.05) is 12.3 Å². The molecule has 0 saturated carbocycles. The molecule has 1 atom stereocenters. The highest BCUT2D eigenvalue weighted by Gasteiger charge is 2.35. The van der Waals surface area contributed by atoms with Crippen LogP contribution in [0.15, 0.2) is 6.20 Å². The normalized spacial score (nSPS) is 21.2. The van der Waals surface area contributed by atoms with Gasteiger partial charge in [0, 0.05) is 19.2 Å². The summed E-state index contributed by atoms with van der Waals surface area (Å²) < 4.78 is 7.58. The van der Waals surface area contributed by atoms with Crippen LogP contribution in [0.1, 0.15) is 56.9 Å². The van der Waals surface area contributed by atoms with Crippen molar-refractivity contribution < 1.29 is 9.53 Å². The fourth-order valence-electron chi connectivity index (χ4n) is 3.04. The quantitative estimate of drug-likeness (QED) is 0.869. The van der Waals surface area contributed by atoms with Gasteiger partial charge in [-0.2, -0.15) is 5.10 Å². The van der Waals surface area contributed by atoms with Crippen LogP contribution in [0, 0.1) is 0 Å². The Labute approximate surface area is 126 Å². The Balaban J connectivity index is 2.07. The van der Waals surface area contributed by atoms with Crippen molar-refractivity contribution in [1.29, 1.82) is 0 Å². The van der Waals surface area contributed by atoms with Gasteiger partial charge in [-0.05, 0) is 32.6 Å². The topological polar surface area (TPSA) is 82.2 Å². The summed E-state index contributed by atoms with van der Waals surface area (Å²) in [4.78, 5) is 12.5. The van der Waals surface area contributed by atoms with Gasteiger partial charge in [-0.1, -0.05) is 13.8 Å². The summed E-state index contributed by atoms with van der Waals surface area (Å²) in [5.74, 6) is -0.139. The number of aromatic nitrogens is 2. The lowest BCUT2D eigenvalue weighted by atomic mass is 9.86. The molecule has 118 valence electrons. The number of hydrogen-bond acceptors (Lipinski definition) is 4. The highest BCUT2D eigenvalue weighted by molar-refractivity contribution is 5.97. The minimum absolute atomic E-state index is 0.104. The Morgan fingerprint density at radius 3 is 2.86 bits per heavy atom. The second-order valence-corrected chi connectivity index (χ2v) is 5.67. The zero-order valence-corrected chi connectivity index (χ0v) is 13.2. The van der Waals surface area contributed by atoms with E-state index < -0.39 is 0 Å². The fourth-order valence-corrected chi connectivity index (χ4v) is 3.04. The van der Waals surface area contributed by atoms with Gasteiger partial charge in [0.2, 0.25) is 0 Å². The number of hydrogen-bond donors (Lipinski definition) is 2. The molecule has 1 aliphatic rings. The molecule has 6 heteroatoms. The summed E-state index contributed by atoms with van der Waals surface area (Å²) in [7, 11) is 0. The van der Waals surface area contributed by atoms with Gasteiger partial charge in [0.25, 0.3) is 5.91 Å². The average Bonchev–Trinajstić information content (AvgIpc) is 2.88. The van der Waals surface area contributed by atoms with Gasteiger partial charge in [-0.3, -0.25) is 9.48 Å². The lowest BCUT2D eigenvalue weighted by Crippen LogP contribution is -2.48. The second kappa shape index (κ2) is 6.47. The van der Waals surface area contributed by atoms with Gasteiger partial charge in [0.1, 0.15) is 5.69 Å². The molecule has 1 saturated heterocycles. The van der Waals surface area contributed by atoms with Crippen LogP contribution in [-0.4, -0.2) is 33.9 Å². The molecule has 1 fully saturated rings. The standard InChI is InChI=1S/C15H26N4O2/c1-4-15(5-2)9-11(7-8-21-15)18-14(20)13-12(16)10-17-19(13)6-3/h10-11H,4-9,16H2,1-3H3,(H,18,20). The zero-order chi connectivity index (χ0) is 15.5. The van der Waals surface area contributed by atoms with Gasteiger partial charge in [0.05, 0.1) is 17.5 Å². The van der Waals surface area contributed by atoms with E-state index in [0.29, 0.717) is 24.5 Å². The third-order valence-corrected chi connectivity index (χ3v) is 4.50. The minimum Gasteiger partial charge on any atom is -0.396 e. The molecule has 1 aromatic heterocycles. The molecule has 0 aromatic carbocycles. The van der Waals surface area contributed by atoms with E-state index in [0.717, 1.165) is 25.7 Å². The number of aryl methyl sites for hydroxylation is 1. The molecule has 0 aliphatic carbocycles. The first kappa shape index (κ1) is 15.8. The van der Waals surface area contributed by atoms with Crippen LogP contribution >= 0.6 is 0 Å². The maximum Gasteiger partial charge on any atom is 0.271 e. The maximum absolute atomic E-state index is 12.5. The first-order valence-corrected chi connectivity index (χ1v) is 7.81. The molecule has 0 bridgehead atoms. The Kier molecular flexibility index (Phi) is 4.88. The Bertz CT molecular complexity index is 494. The van der Waals surface area contributed by atoms with Gasteiger partial charge < -0.3 is 15.8 Å². The molecule has 2 heterocycles. The number of amides is 1. The number of ether oxygens (including phenoxy) is 1. The molecular weight excluding hydrogens is 268 g/mol. The summed E-state index contributed by atoms with van der Waals surface area (Å²) in [5.41, 5.74) is 6.65. The highest BCUT2D eigenvalue weighted by atomic mass is 16.5. The smallest absolute Gasteiger partial charge is 0.271 e. The summed E-state index contributed by atoms with van der Waals surface area (Å²) >= 11 is 0. The summed E-state index contributed by atoms with van der Waals surface area (Å²) in [6.45, 7) is 7.53. The monoisotopic (exact) mass is 294 g/mol. The second-order valence-electron chi connectivity index (χ2n) is 5.67. The van der Waals surface area contributed by atoms with E-state index in [1.807, 2.05) is 6.92 Å². The number of nitrogens with two attached hydrogens (primary N) is 1. The largest absolute Gasteiger partial charge is 0.396 e. The number of nitrogens with zero attached hydrogens (tertiary/aromatic N) is 2. The van der Waals surface area contributed by atoms with Gasteiger partial charge in [-0.25, -0.2) is 0 Å². The summed E-state index contributed by atoms with van der Waals surface area (Å²) in [6.07, 6.45) is 5.15. The van der Waals surface area contributed by atoms with Crippen molar-refractivity contribution in [3.8, 4) is 0 Å². The van der Waals surface area contributed by atoms with Gasteiger partial charge in [0.15, 0.2) is 0 Å². The predicted octanol–water partition coefficient (Wildman–Crippen LogP) is 1.95. The number of nitrogen functional groups attached to an aromatic ring is 1. The van der Waals surface area contributed by atoms with Crippen molar-refractivity contribution in [1.82, 2.24) is 15.1 Å². The van der Waals surface area contributed by atoms with Crippen molar-refractivity contribution in [3.63, 3.8) is 0 Å². The van der Waals surface area contributed by atoms with E-state index in [9.17, 15) is 4.79 Å². The molecule has 0 spiro atoms. The van der Waals surface area contributed by atoms with Crippen molar-refractivity contribution in [2.45, 2.75) is 64.6 Å². The zero-order valence-electron chi connectivity index (χ0n) is 13.2. The maximum atomic E-state index is 12.5. The number of rotatable bonds is 5. The number of carbonyl (C=O) groups excluding carboxylic acids is 1. The number of carbonyl (C=O) groups is 1. The lowest BCUT2D eigenvalue weighted by molar-refractivity contribution is -0.0918. The van der Waals surface area contributed by atoms with Crippen LogP contribution in [0.25, 0.3) is 0 Å². The van der Waals surface area contributed by atoms with E-state index >= 15 is 0 Å². The molecular formula is C15H26N4O2. The van der Waals surface area contributed by atoms with Crippen LogP contribution < -0.4 is 11.1 Å². The SMILES string of the molecule is CCn1ncc(N)c1C(=O)NC1CCOC(CC)(CC)C1. The Morgan fingerprint density at radius 1 is 1.52 bits per heavy atom. The predicted molar refractivity (Wildman–Crippen MR) is 82.1 cm³/mol. The van der Waals surface area contributed by atoms with Crippen molar-refractivity contribution in [2.24, 2.45) is 0 Å². The molecule has 1 aromatic rings. The summed E-state index contributed by atoms with van der Waals surface area (Å²) in [5, 5.41) is 7.22. The molecule has 1 aliphatic heterocycles. The Morgan fingerprint density at radius 2 is 2.24 bits per heavy atom. The van der Waals surface area contributed by atoms with Crippen LogP contribution in [0.4, 0.5) is 5.69 Å². The van der Waals surface area contributed by atoms with Gasteiger partial charge in [-0.15, -0.1) is 0 Å². The third kappa shape index (κ3) is 3.20. The van der Waals surface area contributed by atoms with E-state index in [4.69, 9.17) is 10.5 Å². The van der Waals surface area contributed by atoms with Gasteiger partial charge >= 0.3 is 0 Å². The lowest BCUT2D eigenvalue weighted by Gasteiger charge is -2.40. The Hall–Kier alpha value is -1.56. The van der Waals surface area contributed by atoms with Crippen LogP contribution in [0.2, 0.25) is 0 Å². The molecule has 1 unspecified atom stereocenters. The molecule has 0 radical (unpaired) electrons. The van der Waals surface area contributed by atoms with Crippen LogP contribution in [0.3, 0.4) is 0 Å². The highest BCUT2D eigenvalue weighted by Crippen LogP contribution is 2.31. The van der Waals surface area contributed by atoms with Crippen LogP contribution in [0.5, 0.6) is 0 Å². The van der Waals surface area contributed by atoms with Crippen molar-refractivity contribution in [3.05, 3.63) is 11.9 Å². The molecule has 2 rings (SSSR count). The summed E-state index contributed by atoms with van der Waals surface area (Å²) in [6, 6.07) is 0.130. The molecule has 6 nitrogen and oxygen atoms in total. The first-order valence-electron chi connectivity index (χ1n) is 7.81. The average molecular weight is 294 g/mol. The minimum atomic E-state index is -0.139. The van der Waals surface area contributed by atoms with E-state index in [2.05, 4.69) is 24.3 Å². The molecule has 1 amide bonds. The van der Waals surface area contributed by atoms with Crippen LogP contribution in [-0.2, 0) is 11.3 Å². The number of nitrogens with one attached hydrogen (secondary N) is 1. The fraction of sp³-hybridized carbons (Fsp3) is 0.733. The first-order chi connectivity index (χ1) is 10.0. The molecule has 3 N–H and O–H groups in total. The van der Waals surface area contributed by atoms with E-state index in [-0.39, 0.29) is 17.6 Å². The van der Waals surface area contributed by atoms with E-state index in [1.165, 1.54) is 6.20 Å². The number of anilines is 1. The van der Waals surface area contributed by atoms with E-state index in [1.54, 1.807) is 4.68 Å².